The first kappa shape index (κ1) is 23.5. The van der Waals surface area contributed by atoms with Crippen molar-refractivity contribution in [2.24, 2.45) is 5.92 Å². The summed E-state index contributed by atoms with van der Waals surface area (Å²) >= 11 is 0. The molecule has 0 bridgehead atoms. The van der Waals surface area contributed by atoms with E-state index in [1.54, 1.807) is 11.9 Å². The summed E-state index contributed by atoms with van der Waals surface area (Å²) < 4.78 is 5.56. The zero-order chi connectivity index (χ0) is 23.2. The van der Waals surface area contributed by atoms with Crippen LogP contribution in [-0.4, -0.2) is 72.5 Å². The van der Waals surface area contributed by atoms with E-state index in [9.17, 15) is 14.4 Å². The van der Waals surface area contributed by atoms with Crippen molar-refractivity contribution in [3.05, 3.63) is 35.9 Å². The molecule has 180 valence electrons. The summed E-state index contributed by atoms with van der Waals surface area (Å²) in [4.78, 5) is 42.5. The summed E-state index contributed by atoms with van der Waals surface area (Å²) in [5.74, 6) is 0.0486. The number of likely N-dealkylation sites (N-methyl/N-ethyl adjacent to an activating group) is 1. The Bertz CT molecular complexity index is 827. The highest BCUT2D eigenvalue weighted by atomic mass is 16.6. The minimum Gasteiger partial charge on any atom is -0.445 e. The van der Waals surface area contributed by atoms with Gasteiger partial charge in [0.25, 0.3) is 0 Å². The van der Waals surface area contributed by atoms with Crippen LogP contribution in [0.3, 0.4) is 0 Å². The van der Waals surface area contributed by atoms with Gasteiger partial charge in [0.1, 0.15) is 12.6 Å². The molecule has 2 N–H and O–H groups in total. The van der Waals surface area contributed by atoms with Crippen LogP contribution >= 0.6 is 0 Å². The average Bonchev–Trinajstić information content (AvgIpc) is 3.44. The lowest BCUT2D eigenvalue weighted by atomic mass is 9.83. The number of ether oxygens (including phenoxy) is 1. The lowest BCUT2D eigenvalue weighted by molar-refractivity contribution is -0.139. The number of hydrogen-bond acceptors (Lipinski definition) is 5. The SMILES string of the molecule is CNCC(=O)NC(C(=O)N1CCC2C1CCN2C(=O)OCc1ccccc1)C1CCCCC1. The lowest BCUT2D eigenvalue weighted by Gasteiger charge is -2.34. The Kier molecular flexibility index (Phi) is 7.85. The van der Waals surface area contributed by atoms with E-state index in [1.165, 1.54) is 6.42 Å². The van der Waals surface area contributed by atoms with Gasteiger partial charge in [-0.2, -0.15) is 0 Å². The van der Waals surface area contributed by atoms with E-state index in [4.69, 9.17) is 4.74 Å². The Morgan fingerprint density at radius 2 is 1.64 bits per heavy atom. The zero-order valence-corrected chi connectivity index (χ0v) is 19.5. The monoisotopic (exact) mass is 456 g/mol. The van der Waals surface area contributed by atoms with Gasteiger partial charge >= 0.3 is 6.09 Å². The first-order valence-corrected chi connectivity index (χ1v) is 12.3. The molecule has 2 aliphatic heterocycles. The first-order chi connectivity index (χ1) is 16.1. The zero-order valence-electron chi connectivity index (χ0n) is 19.5. The molecule has 1 aliphatic carbocycles. The molecule has 4 rings (SSSR count). The molecule has 33 heavy (non-hydrogen) atoms. The summed E-state index contributed by atoms with van der Waals surface area (Å²) in [7, 11) is 1.73. The van der Waals surface area contributed by atoms with E-state index >= 15 is 0 Å². The van der Waals surface area contributed by atoms with E-state index in [2.05, 4.69) is 10.6 Å². The molecular formula is C25H36N4O4. The number of amides is 3. The number of carbonyl (C=O) groups excluding carboxylic acids is 3. The van der Waals surface area contributed by atoms with Gasteiger partial charge in [-0.25, -0.2) is 4.79 Å². The summed E-state index contributed by atoms with van der Waals surface area (Å²) in [6, 6.07) is 9.15. The maximum atomic E-state index is 13.7. The maximum absolute atomic E-state index is 13.7. The second-order valence-electron chi connectivity index (χ2n) is 9.45. The fourth-order valence-corrected chi connectivity index (χ4v) is 5.70. The number of fused-ring (bicyclic) bond motifs is 1. The number of likely N-dealkylation sites (tertiary alicyclic amines) is 2. The Labute approximate surface area is 196 Å². The summed E-state index contributed by atoms with van der Waals surface area (Å²) in [5, 5.41) is 5.89. The largest absolute Gasteiger partial charge is 0.445 e. The van der Waals surface area contributed by atoms with Crippen LogP contribution in [0.25, 0.3) is 0 Å². The lowest BCUT2D eigenvalue weighted by Crippen LogP contribution is -2.55. The molecule has 8 nitrogen and oxygen atoms in total. The van der Waals surface area contributed by atoms with Gasteiger partial charge in [-0.1, -0.05) is 49.6 Å². The molecule has 8 heteroatoms. The number of rotatable bonds is 7. The van der Waals surface area contributed by atoms with Crippen molar-refractivity contribution in [3.8, 4) is 0 Å². The smallest absolute Gasteiger partial charge is 0.410 e. The Hall–Kier alpha value is -2.61. The normalized spacial score (nSPS) is 23.8. The van der Waals surface area contributed by atoms with E-state index < -0.39 is 6.04 Å². The van der Waals surface area contributed by atoms with E-state index in [0.717, 1.165) is 44.1 Å². The van der Waals surface area contributed by atoms with Crippen LogP contribution in [0.4, 0.5) is 4.79 Å². The standard InChI is InChI=1S/C25H36N4O4/c1-26-16-22(30)27-23(19-10-6-3-7-11-19)24(31)28-14-12-21-20(28)13-15-29(21)25(32)33-17-18-8-4-2-5-9-18/h2,4-5,8-9,19-21,23,26H,3,6-7,10-17H2,1H3,(H,27,30). The third kappa shape index (κ3) is 5.49. The Morgan fingerprint density at radius 1 is 0.970 bits per heavy atom. The van der Waals surface area contributed by atoms with Crippen molar-refractivity contribution in [2.45, 2.75) is 69.7 Å². The van der Waals surface area contributed by atoms with Crippen molar-refractivity contribution in [1.82, 2.24) is 20.4 Å². The fraction of sp³-hybridized carbons (Fsp3) is 0.640. The predicted octanol–water partition coefficient (Wildman–Crippen LogP) is 2.28. The van der Waals surface area contributed by atoms with Crippen molar-refractivity contribution >= 4 is 17.9 Å². The topological polar surface area (TPSA) is 91.0 Å². The van der Waals surface area contributed by atoms with Crippen molar-refractivity contribution in [2.75, 3.05) is 26.7 Å². The van der Waals surface area contributed by atoms with Gasteiger partial charge in [-0.3, -0.25) is 9.59 Å². The van der Waals surface area contributed by atoms with Gasteiger partial charge < -0.3 is 25.2 Å². The third-order valence-electron chi connectivity index (χ3n) is 7.34. The third-order valence-corrected chi connectivity index (χ3v) is 7.34. The molecule has 1 aromatic rings. The highest BCUT2D eigenvalue weighted by Crippen LogP contribution is 2.34. The predicted molar refractivity (Wildman–Crippen MR) is 124 cm³/mol. The second-order valence-corrected chi connectivity index (χ2v) is 9.45. The summed E-state index contributed by atoms with van der Waals surface area (Å²) in [5.41, 5.74) is 0.956. The maximum Gasteiger partial charge on any atom is 0.410 e. The number of nitrogens with zero attached hydrogens (tertiary/aromatic N) is 2. The molecule has 0 aromatic heterocycles. The van der Waals surface area contributed by atoms with Crippen LogP contribution in [0.15, 0.2) is 30.3 Å². The second kappa shape index (κ2) is 11.0. The van der Waals surface area contributed by atoms with E-state index in [1.807, 2.05) is 35.2 Å². The number of nitrogens with one attached hydrogen (secondary N) is 2. The molecule has 2 heterocycles. The van der Waals surface area contributed by atoms with Crippen LogP contribution in [-0.2, 0) is 20.9 Å². The minimum absolute atomic E-state index is 0.00549. The molecule has 0 spiro atoms. The molecule has 3 atom stereocenters. The van der Waals surface area contributed by atoms with Gasteiger partial charge in [-0.15, -0.1) is 0 Å². The van der Waals surface area contributed by atoms with Gasteiger partial charge in [0.15, 0.2) is 0 Å². The number of benzene rings is 1. The number of hydrogen-bond donors (Lipinski definition) is 2. The molecule has 3 aliphatic rings. The molecule has 0 radical (unpaired) electrons. The molecule has 3 amide bonds. The molecule has 2 saturated heterocycles. The van der Waals surface area contributed by atoms with Gasteiger partial charge in [0.05, 0.1) is 18.6 Å². The summed E-state index contributed by atoms with van der Waals surface area (Å²) in [6.07, 6.45) is 6.51. The molecule has 1 saturated carbocycles. The first-order valence-electron chi connectivity index (χ1n) is 12.3. The number of carbonyl (C=O) groups is 3. The minimum atomic E-state index is -0.482. The van der Waals surface area contributed by atoms with E-state index in [0.29, 0.717) is 13.1 Å². The highest BCUT2D eigenvalue weighted by Gasteiger charge is 2.48. The van der Waals surface area contributed by atoms with Gasteiger partial charge in [-0.05, 0) is 44.2 Å². The van der Waals surface area contributed by atoms with Crippen molar-refractivity contribution in [3.63, 3.8) is 0 Å². The Balaban J connectivity index is 1.39. The quantitative estimate of drug-likeness (QED) is 0.657. The van der Waals surface area contributed by atoms with Crippen molar-refractivity contribution < 1.29 is 19.1 Å². The Morgan fingerprint density at radius 3 is 2.33 bits per heavy atom. The molecule has 3 unspecified atom stereocenters. The van der Waals surface area contributed by atoms with Gasteiger partial charge in [0, 0.05) is 13.1 Å². The molecule has 3 fully saturated rings. The van der Waals surface area contributed by atoms with Crippen LogP contribution in [0.2, 0.25) is 0 Å². The average molecular weight is 457 g/mol. The van der Waals surface area contributed by atoms with Crippen LogP contribution in [0, 0.1) is 5.92 Å². The van der Waals surface area contributed by atoms with E-state index in [-0.39, 0.29) is 49.1 Å². The van der Waals surface area contributed by atoms with Crippen LogP contribution in [0.1, 0.15) is 50.5 Å². The fourth-order valence-electron chi connectivity index (χ4n) is 5.70. The molecule has 1 aromatic carbocycles. The van der Waals surface area contributed by atoms with Gasteiger partial charge in [0.2, 0.25) is 11.8 Å². The molecular weight excluding hydrogens is 420 g/mol. The summed E-state index contributed by atoms with van der Waals surface area (Å²) in [6.45, 7) is 1.65. The van der Waals surface area contributed by atoms with Crippen LogP contribution in [0.5, 0.6) is 0 Å². The van der Waals surface area contributed by atoms with Crippen LogP contribution < -0.4 is 10.6 Å². The van der Waals surface area contributed by atoms with Crippen molar-refractivity contribution in [1.29, 1.82) is 0 Å². The highest BCUT2D eigenvalue weighted by molar-refractivity contribution is 5.89.